The van der Waals surface area contributed by atoms with E-state index >= 15 is 0 Å². The van der Waals surface area contributed by atoms with Crippen LogP contribution in [0.25, 0.3) is 12.2 Å². The zero-order chi connectivity index (χ0) is 25.8. The molecule has 10 nitrogen and oxygen atoms in total. The van der Waals surface area contributed by atoms with Crippen LogP contribution in [0.4, 0.5) is 0 Å². The van der Waals surface area contributed by atoms with Gasteiger partial charge in [-0.2, -0.15) is 0 Å². The Labute approximate surface area is 202 Å². The van der Waals surface area contributed by atoms with Crippen molar-refractivity contribution >= 4 is 35.7 Å². The smallest absolute Gasteiger partial charge is 0.325 e. The van der Waals surface area contributed by atoms with E-state index in [-0.39, 0.29) is 31.0 Å². The first-order valence-corrected chi connectivity index (χ1v) is 10.4. The van der Waals surface area contributed by atoms with Crippen molar-refractivity contribution in [3.63, 3.8) is 0 Å². The maximum Gasteiger partial charge on any atom is 0.325 e. The summed E-state index contributed by atoms with van der Waals surface area (Å²) in [7, 11) is 2.82. The number of hydrogen-bond donors (Lipinski definition) is 2. The number of ether oxygens (including phenoxy) is 4. The number of carbonyl (C=O) groups excluding carboxylic acids is 4. The number of ketones is 2. The standard InChI is InChI=1S/C25H26N2O8/c1-32-22-11-16(5-9-20(22)34-24(30)14-26)3-7-18(28)13-19(29)8-4-17-6-10-21(23(12-17)33-2)35-25(31)15-27/h3-12H,13-15,26-27H2,1-2H3/b7-3+,8-4+. The monoisotopic (exact) mass is 482 g/mol. The maximum atomic E-state index is 12.2. The van der Waals surface area contributed by atoms with Crippen molar-refractivity contribution in [2.75, 3.05) is 27.3 Å². The van der Waals surface area contributed by atoms with E-state index in [1.165, 1.54) is 50.7 Å². The third-order valence-electron chi connectivity index (χ3n) is 4.43. The average molecular weight is 482 g/mol. The van der Waals surface area contributed by atoms with Gasteiger partial charge in [-0.05, 0) is 47.5 Å². The molecule has 0 radical (unpaired) electrons. The first-order valence-electron chi connectivity index (χ1n) is 10.4. The molecule has 10 heteroatoms. The average Bonchev–Trinajstić information content (AvgIpc) is 2.87. The lowest BCUT2D eigenvalue weighted by molar-refractivity contribution is -0.133. The van der Waals surface area contributed by atoms with E-state index in [1.807, 2.05) is 0 Å². The van der Waals surface area contributed by atoms with Crippen LogP contribution in [0.3, 0.4) is 0 Å². The van der Waals surface area contributed by atoms with Gasteiger partial charge in [-0.1, -0.05) is 24.3 Å². The van der Waals surface area contributed by atoms with E-state index < -0.39 is 23.5 Å². The van der Waals surface area contributed by atoms with Crippen molar-refractivity contribution in [1.82, 2.24) is 0 Å². The molecule has 0 spiro atoms. The zero-order valence-electron chi connectivity index (χ0n) is 19.3. The number of esters is 2. The molecule has 35 heavy (non-hydrogen) atoms. The van der Waals surface area contributed by atoms with Gasteiger partial charge in [0.05, 0.1) is 33.7 Å². The van der Waals surface area contributed by atoms with E-state index in [2.05, 4.69) is 0 Å². The predicted octanol–water partition coefficient (Wildman–Crippen LogP) is 1.69. The summed E-state index contributed by atoms with van der Waals surface area (Å²) in [4.78, 5) is 47.1. The highest BCUT2D eigenvalue weighted by Crippen LogP contribution is 2.29. The van der Waals surface area contributed by atoms with Gasteiger partial charge in [-0.3, -0.25) is 19.2 Å². The minimum Gasteiger partial charge on any atom is -0.493 e. The first-order chi connectivity index (χ1) is 16.8. The fourth-order valence-electron chi connectivity index (χ4n) is 2.74. The number of allylic oxidation sites excluding steroid dienone is 2. The highest BCUT2D eigenvalue weighted by Gasteiger charge is 2.11. The molecule has 2 rings (SSSR count). The second-order valence-electron chi connectivity index (χ2n) is 6.95. The molecule has 0 saturated carbocycles. The molecule has 2 aromatic rings. The Bertz CT molecular complexity index is 1060. The van der Waals surface area contributed by atoms with Crippen LogP contribution in [0.2, 0.25) is 0 Å². The van der Waals surface area contributed by atoms with Gasteiger partial charge >= 0.3 is 11.9 Å². The number of rotatable bonds is 12. The van der Waals surface area contributed by atoms with Crippen molar-refractivity contribution in [3.05, 3.63) is 59.7 Å². The van der Waals surface area contributed by atoms with E-state index in [9.17, 15) is 19.2 Å². The molecule has 0 unspecified atom stereocenters. The second kappa shape index (κ2) is 13.4. The minimum absolute atomic E-state index is 0.203. The number of carbonyl (C=O) groups is 4. The number of benzene rings is 2. The summed E-state index contributed by atoms with van der Waals surface area (Å²) in [6.45, 7) is -0.546. The molecular formula is C25H26N2O8. The van der Waals surface area contributed by atoms with Gasteiger partial charge in [-0.25, -0.2) is 0 Å². The van der Waals surface area contributed by atoms with Crippen LogP contribution in [0.5, 0.6) is 23.0 Å². The molecule has 0 aliphatic rings. The topological polar surface area (TPSA) is 157 Å². The van der Waals surface area contributed by atoms with Crippen LogP contribution in [-0.2, 0) is 19.2 Å². The fourth-order valence-corrected chi connectivity index (χ4v) is 2.74. The fraction of sp³-hybridized carbons (Fsp3) is 0.200. The van der Waals surface area contributed by atoms with Gasteiger partial charge in [0.25, 0.3) is 0 Å². The van der Waals surface area contributed by atoms with Crippen LogP contribution < -0.4 is 30.4 Å². The molecule has 0 bridgehead atoms. The Morgan fingerprint density at radius 3 is 1.43 bits per heavy atom. The Morgan fingerprint density at radius 1 is 0.686 bits per heavy atom. The molecule has 0 aliphatic carbocycles. The molecule has 0 fully saturated rings. The molecular weight excluding hydrogens is 456 g/mol. The molecule has 0 saturated heterocycles. The summed E-state index contributed by atoms with van der Waals surface area (Å²) < 4.78 is 20.5. The van der Waals surface area contributed by atoms with E-state index in [0.29, 0.717) is 22.6 Å². The summed E-state index contributed by atoms with van der Waals surface area (Å²) in [6.07, 6.45) is 5.25. The quantitative estimate of drug-likeness (QED) is 0.197. The Balaban J connectivity index is 1.99. The van der Waals surface area contributed by atoms with Crippen LogP contribution in [0, 0.1) is 0 Å². The van der Waals surface area contributed by atoms with Crippen molar-refractivity contribution in [2.45, 2.75) is 6.42 Å². The van der Waals surface area contributed by atoms with Gasteiger partial charge in [0.1, 0.15) is 0 Å². The van der Waals surface area contributed by atoms with E-state index in [4.69, 9.17) is 30.4 Å². The van der Waals surface area contributed by atoms with Gasteiger partial charge < -0.3 is 30.4 Å². The van der Waals surface area contributed by atoms with E-state index in [0.717, 1.165) is 0 Å². The van der Waals surface area contributed by atoms with E-state index in [1.54, 1.807) is 24.3 Å². The number of hydrogen-bond acceptors (Lipinski definition) is 10. The predicted molar refractivity (Wildman–Crippen MR) is 128 cm³/mol. The summed E-state index contributed by atoms with van der Waals surface area (Å²) in [5.41, 5.74) is 11.7. The lowest BCUT2D eigenvalue weighted by atomic mass is 10.1. The van der Waals surface area contributed by atoms with Gasteiger partial charge in [0.15, 0.2) is 34.6 Å². The Morgan fingerprint density at radius 2 is 1.09 bits per heavy atom. The van der Waals surface area contributed by atoms with Crippen LogP contribution in [0.15, 0.2) is 48.6 Å². The first kappa shape index (κ1) is 27.0. The molecule has 184 valence electrons. The summed E-state index contributed by atoms with van der Waals surface area (Å²) in [6, 6.07) is 9.42. The summed E-state index contributed by atoms with van der Waals surface area (Å²) in [5, 5.41) is 0. The summed E-state index contributed by atoms with van der Waals surface area (Å²) >= 11 is 0. The van der Waals surface area contributed by atoms with Crippen LogP contribution in [-0.4, -0.2) is 50.8 Å². The molecule has 0 aromatic heterocycles. The van der Waals surface area contributed by atoms with Crippen molar-refractivity contribution in [2.24, 2.45) is 11.5 Å². The molecule has 4 N–H and O–H groups in total. The highest BCUT2D eigenvalue weighted by atomic mass is 16.6. The Kier molecular flexibility index (Phi) is 10.3. The van der Waals surface area contributed by atoms with Gasteiger partial charge in [0.2, 0.25) is 0 Å². The third kappa shape index (κ3) is 8.54. The maximum absolute atomic E-state index is 12.2. The SMILES string of the molecule is COc1cc(/C=C/C(=O)CC(=O)/C=C/c2ccc(OC(=O)CN)c(OC)c2)ccc1OC(=O)CN. The number of nitrogens with two attached hydrogens (primary N) is 2. The Hall–Kier alpha value is -4.28. The molecule has 0 atom stereocenters. The minimum atomic E-state index is -0.613. The number of methoxy groups -OCH3 is 2. The third-order valence-corrected chi connectivity index (χ3v) is 4.43. The van der Waals surface area contributed by atoms with Gasteiger partial charge in [0, 0.05) is 0 Å². The van der Waals surface area contributed by atoms with Crippen LogP contribution in [0.1, 0.15) is 17.5 Å². The molecule has 0 amide bonds. The van der Waals surface area contributed by atoms with Crippen molar-refractivity contribution < 1.29 is 38.1 Å². The molecule has 0 aliphatic heterocycles. The lowest BCUT2D eigenvalue weighted by Crippen LogP contribution is -2.19. The molecule has 2 aromatic carbocycles. The molecule has 0 heterocycles. The van der Waals surface area contributed by atoms with Crippen molar-refractivity contribution in [1.29, 1.82) is 0 Å². The van der Waals surface area contributed by atoms with Gasteiger partial charge in [-0.15, -0.1) is 0 Å². The van der Waals surface area contributed by atoms with Crippen molar-refractivity contribution in [3.8, 4) is 23.0 Å². The zero-order valence-corrected chi connectivity index (χ0v) is 19.3. The lowest BCUT2D eigenvalue weighted by Gasteiger charge is -2.09. The second-order valence-corrected chi connectivity index (χ2v) is 6.95. The normalized spacial score (nSPS) is 10.9. The highest BCUT2D eigenvalue weighted by molar-refractivity contribution is 6.10. The summed E-state index contributed by atoms with van der Waals surface area (Å²) in [5.74, 6) is -1.05. The largest absolute Gasteiger partial charge is 0.493 e. The van der Waals surface area contributed by atoms with Crippen LogP contribution >= 0.6 is 0 Å².